The summed E-state index contributed by atoms with van der Waals surface area (Å²) in [6.07, 6.45) is 7.71. The van der Waals surface area contributed by atoms with Gasteiger partial charge >= 0.3 is 12.0 Å². The van der Waals surface area contributed by atoms with Crippen LogP contribution < -0.4 is 10.6 Å². The van der Waals surface area contributed by atoms with E-state index in [4.69, 9.17) is 5.11 Å². The van der Waals surface area contributed by atoms with Gasteiger partial charge in [-0.3, -0.25) is 0 Å². The zero-order valence-electron chi connectivity index (χ0n) is 11.9. The highest BCUT2D eigenvalue weighted by molar-refractivity contribution is 7.98. The molecule has 0 aliphatic heterocycles. The second kappa shape index (κ2) is 12.1. The first-order valence-electron chi connectivity index (χ1n) is 6.88. The second-order valence-electron chi connectivity index (χ2n) is 4.49. The van der Waals surface area contributed by atoms with Crippen molar-refractivity contribution in [2.24, 2.45) is 0 Å². The van der Waals surface area contributed by atoms with E-state index >= 15 is 0 Å². The van der Waals surface area contributed by atoms with E-state index in [1.807, 2.05) is 18.7 Å². The number of amides is 2. The van der Waals surface area contributed by atoms with E-state index in [2.05, 4.69) is 16.9 Å². The SMILES string of the molecule is CCCC(NC(=O)NCCCCCCSC)C(=O)O. The van der Waals surface area contributed by atoms with Gasteiger partial charge in [-0.25, -0.2) is 9.59 Å². The molecule has 1 atom stereocenters. The quantitative estimate of drug-likeness (QED) is 0.511. The number of rotatable bonds is 11. The van der Waals surface area contributed by atoms with E-state index in [0.717, 1.165) is 19.3 Å². The van der Waals surface area contributed by atoms with Crippen molar-refractivity contribution < 1.29 is 14.7 Å². The van der Waals surface area contributed by atoms with Crippen LogP contribution in [0.25, 0.3) is 0 Å². The first kappa shape index (κ1) is 18.1. The Balaban J connectivity index is 3.60. The summed E-state index contributed by atoms with van der Waals surface area (Å²) < 4.78 is 0. The molecule has 2 amide bonds. The molecule has 0 aromatic heterocycles. The van der Waals surface area contributed by atoms with E-state index in [1.165, 1.54) is 18.6 Å². The Morgan fingerprint density at radius 3 is 2.47 bits per heavy atom. The van der Waals surface area contributed by atoms with Crippen molar-refractivity contribution in [2.45, 2.75) is 51.5 Å². The predicted octanol–water partition coefficient (Wildman–Crippen LogP) is 2.46. The van der Waals surface area contributed by atoms with Gasteiger partial charge in [-0.1, -0.05) is 26.2 Å². The summed E-state index contributed by atoms with van der Waals surface area (Å²) in [5.41, 5.74) is 0. The highest BCUT2D eigenvalue weighted by Crippen LogP contribution is 2.03. The molecular formula is C13H26N2O3S. The monoisotopic (exact) mass is 290 g/mol. The molecule has 0 heterocycles. The predicted molar refractivity (Wildman–Crippen MR) is 79.7 cm³/mol. The van der Waals surface area contributed by atoms with Gasteiger partial charge in [0.1, 0.15) is 6.04 Å². The van der Waals surface area contributed by atoms with Crippen LogP contribution in [-0.2, 0) is 4.79 Å². The molecule has 0 aliphatic rings. The fraction of sp³-hybridized carbons (Fsp3) is 0.846. The normalized spacial score (nSPS) is 11.9. The average Bonchev–Trinajstić information content (AvgIpc) is 2.37. The summed E-state index contributed by atoms with van der Waals surface area (Å²) in [6, 6.07) is -1.17. The van der Waals surface area contributed by atoms with Crippen molar-refractivity contribution in [3.05, 3.63) is 0 Å². The van der Waals surface area contributed by atoms with Crippen molar-refractivity contribution in [3.63, 3.8) is 0 Å². The highest BCUT2D eigenvalue weighted by atomic mass is 32.2. The lowest BCUT2D eigenvalue weighted by atomic mass is 10.2. The number of nitrogens with one attached hydrogen (secondary N) is 2. The number of hydrogen-bond donors (Lipinski definition) is 3. The van der Waals surface area contributed by atoms with E-state index < -0.39 is 12.0 Å². The number of hydrogen-bond acceptors (Lipinski definition) is 3. The van der Waals surface area contributed by atoms with Crippen molar-refractivity contribution in [2.75, 3.05) is 18.6 Å². The summed E-state index contributed by atoms with van der Waals surface area (Å²) in [5.74, 6) is 0.208. The fourth-order valence-electron chi connectivity index (χ4n) is 1.68. The molecule has 19 heavy (non-hydrogen) atoms. The molecule has 0 spiro atoms. The summed E-state index contributed by atoms with van der Waals surface area (Å²) in [5, 5.41) is 14.1. The molecule has 0 saturated carbocycles. The Kier molecular flexibility index (Phi) is 11.6. The zero-order chi connectivity index (χ0) is 14.5. The summed E-state index contributed by atoms with van der Waals surface area (Å²) in [7, 11) is 0. The van der Waals surface area contributed by atoms with Crippen LogP contribution in [0, 0.1) is 0 Å². The van der Waals surface area contributed by atoms with E-state index in [0.29, 0.717) is 13.0 Å². The first-order chi connectivity index (χ1) is 9.11. The third-order valence-electron chi connectivity index (χ3n) is 2.74. The van der Waals surface area contributed by atoms with E-state index in [1.54, 1.807) is 0 Å². The van der Waals surface area contributed by atoms with Gasteiger partial charge in [-0.2, -0.15) is 11.8 Å². The number of urea groups is 1. The van der Waals surface area contributed by atoms with Gasteiger partial charge in [0.05, 0.1) is 0 Å². The number of carbonyl (C=O) groups is 2. The molecule has 1 unspecified atom stereocenters. The van der Waals surface area contributed by atoms with Crippen LogP contribution in [0.15, 0.2) is 0 Å². The molecule has 3 N–H and O–H groups in total. The minimum Gasteiger partial charge on any atom is -0.480 e. The lowest BCUT2D eigenvalue weighted by Gasteiger charge is -2.14. The van der Waals surface area contributed by atoms with Crippen LogP contribution in [0.5, 0.6) is 0 Å². The number of aliphatic carboxylic acids is 1. The molecule has 5 nitrogen and oxygen atoms in total. The van der Waals surface area contributed by atoms with Crippen LogP contribution in [0.1, 0.15) is 45.4 Å². The van der Waals surface area contributed by atoms with Crippen LogP contribution >= 0.6 is 11.8 Å². The number of carbonyl (C=O) groups excluding carboxylic acids is 1. The van der Waals surface area contributed by atoms with Crippen molar-refractivity contribution in [3.8, 4) is 0 Å². The van der Waals surface area contributed by atoms with Crippen LogP contribution in [0.3, 0.4) is 0 Å². The molecule has 0 aromatic carbocycles. The Labute approximate surface area is 119 Å². The first-order valence-corrected chi connectivity index (χ1v) is 8.27. The Morgan fingerprint density at radius 1 is 1.21 bits per heavy atom. The Bertz CT molecular complexity index is 262. The molecule has 6 heteroatoms. The molecule has 0 radical (unpaired) electrons. The van der Waals surface area contributed by atoms with Gasteiger partial charge in [0.25, 0.3) is 0 Å². The number of carboxylic acids is 1. The van der Waals surface area contributed by atoms with Gasteiger partial charge in [0, 0.05) is 6.54 Å². The summed E-state index contributed by atoms with van der Waals surface area (Å²) >= 11 is 1.85. The van der Waals surface area contributed by atoms with Gasteiger partial charge in [0.2, 0.25) is 0 Å². The van der Waals surface area contributed by atoms with Gasteiger partial charge in [-0.15, -0.1) is 0 Å². The fourth-order valence-corrected chi connectivity index (χ4v) is 2.18. The van der Waals surface area contributed by atoms with Crippen molar-refractivity contribution in [1.29, 1.82) is 0 Å². The van der Waals surface area contributed by atoms with E-state index in [-0.39, 0.29) is 6.03 Å². The van der Waals surface area contributed by atoms with Gasteiger partial charge in [-0.05, 0) is 31.3 Å². The smallest absolute Gasteiger partial charge is 0.326 e. The number of unbranched alkanes of at least 4 members (excludes halogenated alkanes) is 3. The molecule has 0 aliphatic carbocycles. The Hall–Kier alpha value is -0.910. The average molecular weight is 290 g/mol. The van der Waals surface area contributed by atoms with Gasteiger partial charge in [0.15, 0.2) is 0 Å². The standard InChI is InChI=1S/C13H26N2O3S/c1-3-8-11(12(16)17)15-13(18)14-9-6-4-5-7-10-19-2/h11H,3-10H2,1-2H3,(H,16,17)(H2,14,15,18). The van der Waals surface area contributed by atoms with E-state index in [9.17, 15) is 9.59 Å². The summed E-state index contributed by atoms with van der Waals surface area (Å²) in [4.78, 5) is 22.3. The molecular weight excluding hydrogens is 264 g/mol. The van der Waals surface area contributed by atoms with Crippen LogP contribution in [0.4, 0.5) is 4.79 Å². The lowest BCUT2D eigenvalue weighted by molar-refractivity contribution is -0.139. The molecule has 0 aromatic rings. The topological polar surface area (TPSA) is 78.4 Å². The third-order valence-corrected chi connectivity index (χ3v) is 3.44. The number of carboxylic acid groups (broad SMARTS) is 1. The highest BCUT2D eigenvalue weighted by Gasteiger charge is 2.18. The maximum atomic E-state index is 11.5. The molecule has 112 valence electrons. The third kappa shape index (κ3) is 10.7. The molecule has 0 bridgehead atoms. The minimum atomic E-state index is -0.978. The second-order valence-corrected chi connectivity index (χ2v) is 5.47. The molecule has 0 rings (SSSR count). The molecule has 0 saturated heterocycles. The molecule has 0 fully saturated rings. The lowest BCUT2D eigenvalue weighted by Crippen LogP contribution is -2.46. The van der Waals surface area contributed by atoms with Crippen LogP contribution in [-0.4, -0.2) is 41.7 Å². The van der Waals surface area contributed by atoms with Crippen molar-refractivity contribution in [1.82, 2.24) is 10.6 Å². The summed E-state index contributed by atoms with van der Waals surface area (Å²) in [6.45, 7) is 2.49. The maximum Gasteiger partial charge on any atom is 0.326 e. The Morgan fingerprint density at radius 2 is 1.89 bits per heavy atom. The largest absolute Gasteiger partial charge is 0.480 e. The minimum absolute atomic E-state index is 0.384. The van der Waals surface area contributed by atoms with Gasteiger partial charge < -0.3 is 15.7 Å². The zero-order valence-corrected chi connectivity index (χ0v) is 12.7. The van der Waals surface area contributed by atoms with Crippen LogP contribution in [0.2, 0.25) is 0 Å². The maximum absolute atomic E-state index is 11.5. The number of thioether (sulfide) groups is 1. The van der Waals surface area contributed by atoms with Crippen molar-refractivity contribution >= 4 is 23.8 Å².